The molecule has 0 heterocycles. The molecule has 0 aliphatic rings. The first-order valence-corrected chi connectivity index (χ1v) is 7.05. The molecule has 1 atom stereocenters. The van der Waals surface area contributed by atoms with Gasteiger partial charge < -0.3 is 5.32 Å². The minimum absolute atomic E-state index is 0.0590. The van der Waals surface area contributed by atoms with Crippen LogP contribution in [0, 0.1) is 11.3 Å². The van der Waals surface area contributed by atoms with Gasteiger partial charge in [0, 0.05) is 18.2 Å². The summed E-state index contributed by atoms with van der Waals surface area (Å²) in [6.07, 6.45) is 2.04. The standard InChI is InChI=1S/C10H21NOS.C2H6/c1-8(10(2,3)4)9(12)11-6-7-13-5;1-2/h8H,6-7H2,1-5H3,(H,11,12);1-2H3. The van der Waals surface area contributed by atoms with Crippen LogP contribution in [0.2, 0.25) is 0 Å². The first kappa shape index (κ1) is 17.2. The van der Waals surface area contributed by atoms with Crippen LogP contribution in [-0.4, -0.2) is 24.5 Å². The summed E-state index contributed by atoms with van der Waals surface area (Å²) in [5.41, 5.74) is 0.0590. The van der Waals surface area contributed by atoms with Crippen molar-refractivity contribution in [2.24, 2.45) is 11.3 Å². The molecule has 92 valence electrons. The molecule has 0 aromatic rings. The molecule has 0 fully saturated rings. The van der Waals surface area contributed by atoms with Crippen molar-refractivity contribution in [3.8, 4) is 0 Å². The van der Waals surface area contributed by atoms with E-state index in [0.717, 1.165) is 12.3 Å². The van der Waals surface area contributed by atoms with Gasteiger partial charge in [0.15, 0.2) is 0 Å². The molecule has 0 spiro atoms. The normalized spacial score (nSPS) is 12.5. The summed E-state index contributed by atoms with van der Waals surface area (Å²) in [6, 6.07) is 0. The summed E-state index contributed by atoms with van der Waals surface area (Å²) in [5, 5.41) is 2.93. The van der Waals surface area contributed by atoms with E-state index in [9.17, 15) is 4.79 Å². The number of rotatable bonds is 4. The van der Waals surface area contributed by atoms with Crippen LogP contribution in [0.3, 0.4) is 0 Å². The van der Waals surface area contributed by atoms with E-state index in [-0.39, 0.29) is 17.2 Å². The Labute approximate surface area is 99.6 Å². The summed E-state index contributed by atoms with van der Waals surface area (Å²) < 4.78 is 0. The molecule has 0 aromatic heterocycles. The maximum atomic E-state index is 11.5. The second-order valence-electron chi connectivity index (χ2n) is 4.37. The Bertz CT molecular complexity index is 163. The van der Waals surface area contributed by atoms with Crippen LogP contribution in [0.5, 0.6) is 0 Å². The van der Waals surface area contributed by atoms with E-state index in [4.69, 9.17) is 0 Å². The Morgan fingerprint density at radius 3 is 2.13 bits per heavy atom. The van der Waals surface area contributed by atoms with Gasteiger partial charge in [-0.25, -0.2) is 0 Å². The summed E-state index contributed by atoms with van der Waals surface area (Å²) in [5.74, 6) is 1.23. The molecule has 3 heteroatoms. The van der Waals surface area contributed by atoms with Gasteiger partial charge in [0.2, 0.25) is 5.91 Å². The quantitative estimate of drug-likeness (QED) is 0.756. The highest BCUT2D eigenvalue weighted by atomic mass is 32.2. The molecule has 0 aliphatic carbocycles. The SMILES string of the molecule is CC.CSCCNC(=O)C(C)C(C)(C)C. The summed E-state index contributed by atoms with van der Waals surface area (Å²) in [4.78, 5) is 11.5. The van der Waals surface area contributed by atoms with E-state index >= 15 is 0 Å². The number of nitrogens with one attached hydrogen (secondary N) is 1. The first-order chi connectivity index (χ1) is 6.89. The number of carbonyl (C=O) groups is 1. The Morgan fingerprint density at radius 1 is 1.33 bits per heavy atom. The molecule has 1 amide bonds. The Kier molecular flexibility index (Phi) is 10.4. The highest BCUT2D eigenvalue weighted by Crippen LogP contribution is 2.25. The van der Waals surface area contributed by atoms with E-state index < -0.39 is 0 Å². The fourth-order valence-electron chi connectivity index (χ4n) is 0.823. The van der Waals surface area contributed by atoms with Crippen molar-refractivity contribution in [2.75, 3.05) is 18.6 Å². The Balaban J connectivity index is 0. The van der Waals surface area contributed by atoms with Crippen molar-refractivity contribution in [2.45, 2.75) is 41.5 Å². The molecule has 0 bridgehead atoms. The maximum absolute atomic E-state index is 11.5. The first-order valence-electron chi connectivity index (χ1n) is 5.66. The zero-order valence-corrected chi connectivity index (χ0v) is 12.1. The van der Waals surface area contributed by atoms with Gasteiger partial charge >= 0.3 is 0 Å². The summed E-state index contributed by atoms with van der Waals surface area (Å²) in [6.45, 7) is 13.0. The van der Waals surface area contributed by atoms with Crippen molar-refractivity contribution < 1.29 is 4.79 Å². The lowest BCUT2D eigenvalue weighted by Crippen LogP contribution is -2.37. The third kappa shape index (κ3) is 8.79. The summed E-state index contributed by atoms with van der Waals surface area (Å²) >= 11 is 1.75. The number of amides is 1. The van der Waals surface area contributed by atoms with Gasteiger partial charge in [-0.15, -0.1) is 0 Å². The molecule has 0 radical (unpaired) electrons. The molecule has 0 rings (SSSR count). The van der Waals surface area contributed by atoms with E-state index in [1.807, 2.05) is 27.0 Å². The molecule has 0 aromatic carbocycles. The van der Waals surface area contributed by atoms with Gasteiger partial charge in [0.25, 0.3) is 0 Å². The average molecular weight is 233 g/mol. The van der Waals surface area contributed by atoms with Crippen molar-refractivity contribution in [1.82, 2.24) is 5.32 Å². The van der Waals surface area contributed by atoms with E-state index in [2.05, 4.69) is 26.1 Å². The maximum Gasteiger partial charge on any atom is 0.223 e. The van der Waals surface area contributed by atoms with Crippen LogP contribution in [0.4, 0.5) is 0 Å². The predicted molar refractivity (Wildman–Crippen MR) is 71.4 cm³/mol. The molecule has 15 heavy (non-hydrogen) atoms. The van der Waals surface area contributed by atoms with Gasteiger partial charge in [-0.1, -0.05) is 41.5 Å². The molecule has 0 saturated heterocycles. The largest absolute Gasteiger partial charge is 0.355 e. The fraction of sp³-hybridized carbons (Fsp3) is 0.917. The third-order valence-corrected chi connectivity index (χ3v) is 2.91. The number of hydrogen-bond donors (Lipinski definition) is 1. The van der Waals surface area contributed by atoms with Gasteiger partial charge in [0.1, 0.15) is 0 Å². The lowest BCUT2D eigenvalue weighted by molar-refractivity contribution is -0.127. The van der Waals surface area contributed by atoms with Gasteiger partial charge in [-0.3, -0.25) is 4.79 Å². The second-order valence-corrected chi connectivity index (χ2v) is 5.36. The fourth-order valence-corrected chi connectivity index (χ4v) is 1.13. The van der Waals surface area contributed by atoms with Gasteiger partial charge in [0.05, 0.1) is 0 Å². The van der Waals surface area contributed by atoms with Crippen molar-refractivity contribution in [1.29, 1.82) is 0 Å². The molecular formula is C12H27NOS. The van der Waals surface area contributed by atoms with Gasteiger partial charge in [-0.2, -0.15) is 11.8 Å². The Hall–Kier alpha value is -0.180. The molecular weight excluding hydrogens is 206 g/mol. The molecule has 1 unspecified atom stereocenters. The summed E-state index contributed by atoms with van der Waals surface area (Å²) in [7, 11) is 0. The van der Waals surface area contributed by atoms with Crippen molar-refractivity contribution >= 4 is 17.7 Å². The topological polar surface area (TPSA) is 29.1 Å². The smallest absolute Gasteiger partial charge is 0.223 e. The van der Waals surface area contributed by atoms with Crippen molar-refractivity contribution in [3.05, 3.63) is 0 Å². The number of hydrogen-bond acceptors (Lipinski definition) is 2. The zero-order valence-electron chi connectivity index (χ0n) is 11.3. The monoisotopic (exact) mass is 233 g/mol. The molecule has 0 aliphatic heterocycles. The van der Waals surface area contributed by atoms with Crippen LogP contribution >= 0.6 is 11.8 Å². The van der Waals surface area contributed by atoms with E-state index in [1.165, 1.54) is 0 Å². The van der Waals surface area contributed by atoms with Crippen LogP contribution in [-0.2, 0) is 4.79 Å². The van der Waals surface area contributed by atoms with Crippen LogP contribution in [0.25, 0.3) is 0 Å². The van der Waals surface area contributed by atoms with E-state index in [1.54, 1.807) is 11.8 Å². The number of carbonyl (C=O) groups excluding carboxylic acids is 1. The zero-order chi connectivity index (χ0) is 12.5. The third-order valence-electron chi connectivity index (χ3n) is 2.30. The highest BCUT2D eigenvalue weighted by molar-refractivity contribution is 7.98. The molecule has 2 nitrogen and oxygen atoms in total. The van der Waals surface area contributed by atoms with E-state index in [0.29, 0.717) is 0 Å². The highest BCUT2D eigenvalue weighted by Gasteiger charge is 2.26. The molecule has 1 N–H and O–H groups in total. The minimum atomic E-state index is 0.0590. The lowest BCUT2D eigenvalue weighted by atomic mass is 9.81. The lowest BCUT2D eigenvalue weighted by Gasteiger charge is -2.25. The van der Waals surface area contributed by atoms with Crippen LogP contribution in [0.15, 0.2) is 0 Å². The van der Waals surface area contributed by atoms with Crippen LogP contribution < -0.4 is 5.32 Å². The molecule has 0 saturated carbocycles. The minimum Gasteiger partial charge on any atom is -0.355 e. The number of thioether (sulfide) groups is 1. The Morgan fingerprint density at radius 2 is 1.80 bits per heavy atom. The second kappa shape index (κ2) is 9.08. The predicted octanol–water partition coefficient (Wildman–Crippen LogP) is 3.17. The van der Waals surface area contributed by atoms with Crippen LogP contribution in [0.1, 0.15) is 41.5 Å². The van der Waals surface area contributed by atoms with Crippen molar-refractivity contribution in [3.63, 3.8) is 0 Å². The average Bonchev–Trinajstić information content (AvgIpc) is 2.18. The van der Waals surface area contributed by atoms with Gasteiger partial charge in [-0.05, 0) is 11.7 Å².